The zero-order valence-corrected chi connectivity index (χ0v) is 16.4. The molecule has 0 N–H and O–H groups in total. The van der Waals surface area contributed by atoms with Crippen molar-refractivity contribution in [2.75, 3.05) is 38.1 Å². The van der Waals surface area contributed by atoms with Gasteiger partial charge in [-0.1, -0.05) is 51.1 Å². The van der Waals surface area contributed by atoms with Crippen molar-refractivity contribution in [1.29, 1.82) is 0 Å². The van der Waals surface area contributed by atoms with Gasteiger partial charge in [-0.25, -0.2) is 0 Å². The Morgan fingerprint density at radius 2 is 1.46 bits per heavy atom. The van der Waals surface area contributed by atoms with E-state index >= 15 is 0 Å². The zero-order valence-electron chi connectivity index (χ0n) is 16.4. The van der Waals surface area contributed by atoms with E-state index in [2.05, 4.69) is 96.8 Å². The van der Waals surface area contributed by atoms with Gasteiger partial charge in [-0.2, -0.15) is 0 Å². The smallest absolute Gasteiger partial charge is 0.114 e. The van der Waals surface area contributed by atoms with Gasteiger partial charge < -0.3 is 9.80 Å². The Kier molecular flexibility index (Phi) is 4.28. The lowest BCUT2D eigenvalue weighted by Gasteiger charge is -2.34. The molecule has 0 spiro atoms. The SMILES string of the molecule is CN1CCN(c2cc3ccccc3n2-c2ccc(C(C)(C)C)cc2)CC1. The normalized spacial score (nSPS) is 16.4. The first kappa shape index (κ1) is 17.2. The van der Waals surface area contributed by atoms with Crippen molar-refractivity contribution >= 4 is 16.7 Å². The Bertz CT molecular complexity index is 891. The number of likely N-dealkylation sites (N-methyl/N-ethyl adjacent to an activating group) is 1. The number of hydrogen-bond donors (Lipinski definition) is 0. The van der Waals surface area contributed by atoms with E-state index in [9.17, 15) is 0 Å². The predicted molar refractivity (Wildman–Crippen MR) is 112 cm³/mol. The van der Waals surface area contributed by atoms with Crippen molar-refractivity contribution in [3.05, 3.63) is 60.2 Å². The zero-order chi connectivity index (χ0) is 18.3. The van der Waals surface area contributed by atoms with Gasteiger partial charge >= 0.3 is 0 Å². The third-order valence-corrected chi connectivity index (χ3v) is 5.51. The molecule has 0 amide bonds. The van der Waals surface area contributed by atoms with Crippen LogP contribution in [-0.2, 0) is 5.41 Å². The van der Waals surface area contributed by atoms with Crippen molar-refractivity contribution in [1.82, 2.24) is 9.47 Å². The van der Waals surface area contributed by atoms with Crippen LogP contribution in [0.2, 0.25) is 0 Å². The minimum atomic E-state index is 0.178. The molecule has 0 radical (unpaired) electrons. The maximum atomic E-state index is 2.53. The molecule has 1 aliphatic rings. The van der Waals surface area contributed by atoms with Gasteiger partial charge in [0.25, 0.3) is 0 Å². The highest BCUT2D eigenvalue weighted by Crippen LogP contribution is 2.32. The fraction of sp³-hybridized carbons (Fsp3) is 0.391. The first-order chi connectivity index (χ1) is 12.4. The van der Waals surface area contributed by atoms with Gasteiger partial charge in [0.15, 0.2) is 0 Å². The Morgan fingerprint density at radius 1 is 0.808 bits per heavy atom. The highest BCUT2D eigenvalue weighted by molar-refractivity contribution is 5.87. The van der Waals surface area contributed by atoms with Crippen molar-refractivity contribution in [2.24, 2.45) is 0 Å². The summed E-state index contributed by atoms with van der Waals surface area (Å²) in [4.78, 5) is 4.93. The second kappa shape index (κ2) is 6.48. The van der Waals surface area contributed by atoms with Gasteiger partial charge in [0.05, 0.1) is 5.52 Å². The van der Waals surface area contributed by atoms with Crippen LogP contribution in [0.25, 0.3) is 16.6 Å². The molecule has 0 aliphatic carbocycles. The summed E-state index contributed by atoms with van der Waals surface area (Å²) in [7, 11) is 2.21. The van der Waals surface area contributed by atoms with Crippen LogP contribution in [0.15, 0.2) is 54.6 Å². The number of para-hydroxylation sites is 1. The van der Waals surface area contributed by atoms with E-state index < -0.39 is 0 Å². The van der Waals surface area contributed by atoms with Crippen molar-refractivity contribution in [3.8, 4) is 5.69 Å². The van der Waals surface area contributed by atoms with E-state index in [0.717, 1.165) is 26.2 Å². The fourth-order valence-electron chi connectivity index (χ4n) is 3.79. The van der Waals surface area contributed by atoms with E-state index in [-0.39, 0.29) is 5.41 Å². The lowest BCUT2D eigenvalue weighted by molar-refractivity contribution is 0.311. The molecule has 0 saturated carbocycles. The molecule has 3 nitrogen and oxygen atoms in total. The van der Waals surface area contributed by atoms with Gasteiger partial charge in [0.2, 0.25) is 0 Å². The first-order valence-electron chi connectivity index (χ1n) is 9.58. The van der Waals surface area contributed by atoms with Crippen molar-refractivity contribution < 1.29 is 0 Å². The fourth-order valence-corrected chi connectivity index (χ4v) is 3.79. The number of aromatic nitrogens is 1. The molecule has 3 aromatic rings. The Morgan fingerprint density at radius 3 is 2.12 bits per heavy atom. The van der Waals surface area contributed by atoms with Gasteiger partial charge in [-0.05, 0) is 42.3 Å². The van der Waals surface area contributed by atoms with Gasteiger partial charge in [-0.15, -0.1) is 0 Å². The lowest BCUT2D eigenvalue weighted by atomic mass is 9.87. The summed E-state index contributed by atoms with van der Waals surface area (Å²) in [6.07, 6.45) is 0. The minimum absolute atomic E-state index is 0.178. The molecular weight excluding hydrogens is 318 g/mol. The quantitative estimate of drug-likeness (QED) is 0.667. The number of nitrogens with zero attached hydrogens (tertiary/aromatic N) is 3. The van der Waals surface area contributed by atoms with Crippen LogP contribution in [0.1, 0.15) is 26.3 Å². The average Bonchev–Trinajstić information content (AvgIpc) is 3.01. The predicted octanol–water partition coefficient (Wildman–Crippen LogP) is 4.68. The van der Waals surface area contributed by atoms with Crippen LogP contribution in [0, 0.1) is 0 Å². The van der Waals surface area contributed by atoms with Crippen LogP contribution < -0.4 is 4.90 Å². The third-order valence-electron chi connectivity index (χ3n) is 5.51. The molecular formula is C23H29N3. The summed E-state index contributed by atoms with van der Waals surface area (Å²) in [6.45, 7) is 11.2. The molecule has 0 unspecified atom stereocenters. The summed E-state index contributed by atoms with van der Waals surface area (Å²) in [5.41, 5.74) is 4.08. The number of rotatable bonds is 2. The van der Waals surface area contributed by atoms with Crippen molar-refractivity contribution in [3.63, 3.8) is 0 Å². The lowest BCUT2D eigenvalue weighted by Crippen LogP contribution is -2.45. The van der Waals surface area contributed by atoms with E-state index in [4.69, 9.17) is 0 Å². The largest absolute Gasteiger partial charge is 0.355 e. The molecule has 4 rings (SSSR count). The topological polar surface area (TPSA) is 11.4 Å². The van der Waals surface area contributed by atoms with Crippen LogP contribution >= 0.6 is 0 Å². The average molecular weight is 348 g/mol. The number of piperazine rings is 1. The Labute approximate surface area is 156 Å². The number of hydrogen-bond acceptors (Lipinski definition) is 2. The molecule has 0 bridgehead atoms. The molecule has 2 heterocycles. The molecule has 2 aromatic carbocycles. The highest BCUT2D eigenvalue weighted by atomic mass is 15.3. The van der Waals surface area contributed by atoms with Gasteiger partial charge in [0, 0.05) is 37.3 Å². The van der Waals surface area contributed by atoms with Gasteiger partial charge in [0.1, 0.15) is 5.82 Å². The summed E-state index contributed by atoms with van der Waals surface area (Å²) >= 11 is 0. The first-order valence-corrected chi connectivity index (χ1v) is 9.58. The summed E-state index contributed by atoms with van der Waals surface area (Å²) < 4.78 is 2.42. The summed E-state index contributed by atoms with van der Waals surface area (Å²) in [6, 6.07) is 20.1. The highest BCUT2D eigenvalue weighted by Gasteiger charge is 2.20. The Balaban J connectivity index is 1.81. The standard InChI is InChI=1S/C23H29N3/c1-23(2,3)19-9-11-20(12-10-19)26-21-8-6-5-7-18(21)17-22(26)25-15-13-24(4)14-16-25/h5-12,17H,13-16H2,1-4H3. The number of benzene rings is 2. The molecule has 26 heavy (non-hydrogen) atoms. The number of anilines is 1. The maximum Gasteiger partial charge on any atom is 0.114 e. The maximum absolute atomic E-state index is 2.53. The molecule has 3 heteroatoms. The molecule has 1 aromatic heterocycles. The third kappa shape index (κ3) is 3.12. The molecule has 1 aliphatic heterocycles. The van der Waals surface area contributed by atoms with Crippen LogP contribution in [0.4, 0.5) is 5.82 Å². The monoisotopic (exact) mass is 347 g/mol. The molecule has 1 saturated heterocycles. The molecule has 136 valence electrons. The van der Waals surface area contributed by atoms with E-state index in [0.29, 0.717) is 0 Å². The minimum Gasteiger partial charge on any atom is -0.355 e. The summed E-state index contributed by atoms with van der Waals surface area (Å²) in [5.74, 6) is 1.31. The second-order valence-corrected chi connectivity index (χ2v) is 8.48. The van der Waals surface area contributed by atoms with Crippen LogP contribution in [0.5, 0.6) is 0 Å². The summed E-state index contributed by atoms with van der Waals surface area (Å²) in [5, 5.41) is 1.31. The van der Waals surface area contributed by atoms with Crippen LogP contribution in [0.3, 0.4) is 0 Å². The van der Waals surface area contributed by atoms with Gasteiger partial charge in [-0.3, -0.25) is 4.57 Å². The van der Waals surface area contributed by atoms with Crippen molar-refractivity contribution in [2.45, 2.75) is 26.2 Å². The number of fused-ring (bicyclic) bond motifs is 1. The van der Waals surface area contributed by atoms with E-state index in [1.807, 2.05) is 0 Å². The van der Waals surface area contributed by atoms with Crippen LogP contribution in [-0.4, -0.2) is 42.7 Å². The molecule has 0 atom stereocenters. The van der Waals surface area contributed by atoms with E-state index in [1.165, 1.54) is 28.0 Å². The van der Waals surface area contributed by atoms with E-state index in [1.54, 1.807) is 0 Å². The molecule has 1 fully saturated rings. The second-order valence-electron chi connectivity index (χ2n) is 8.48. The Hall–Kier alpha value is -2.26.